The highest BCUT2D eigenvalue weighted by Gasteiger charge is 2.21. The summed E-state index contributed by atoms with van der Waals surface area (Å²) in [5.41, 5.74) is 2.66. The van der Waals surface area contributed by atoms with Gasteiger partial charge in [-0.3, -0.25) is 9.48 Å². The summed E-state index contributed by atoms with van der Waals surface area (Å²) in [6.45, 7) is 2.79. The van der Waals surface area contributed by atoms with Crippen molar-refractivity contribution in [3.8, 4) is 5.75 Å². The number of carbonyl (C=O) groups excluding carboxylic acids is 1. The molecule has 1 aliphatic carbocycles. The molecule has 1 aromatic heterocycles. The highest BCUT2D eigenvalue weighted by atomic mass is 35.5. The topological polar surface area (TPSA) is 68.2 Å². The number of rotatable bonds is 7. The van der Waals surface area contributed by atoms with Crippen molar-refractivity contribution in [3.63, 3.8) is 0 Å². The fraction of sp³-hybridized carbons (Fsp3) is 0.524. The van der Waals surface area contributed by atoms with Crippen molar-refractivity contribution < 1.29 is 9.53 Å². The van der Waals surface area contributed by atoms with Gasteiger partial charge in [-0.05, 0) is 44.4 Å². The Morgan fingerprint density at radius 3 is 2.71 bits per heavy atom. The van der Waals surface area contributed by atoms with E-state index >= 15 is 0 Å². The van der Waals surface area contributed by atoms with E-state index < -0.39 is 6.04 Å². The second-order valence-corrected chi connectivity index (χ2v) is 7.45. The van der Waals surface area contributed by atoms with Gasteiger partial charge >= 0.3 is 0 Å². The molecule has 2 N–H and O–H groups in total. The number of halogens is 1. The summed E-state index contributed by atoms with van der Waals surface area (Å²) in [7, 11) is 3.61. The summed E-state index contributed by atoms with van der Waals surface area (Å²) in [4.78, 5) is 12.7. The van der Waals surface area contributed by atoms with Gasteiger partial charge in [0.25, 0.3) is 0 Å². The summed E-state index contributed by atoms with van der Waals surface area (Å²) in [6.07, 6.45) is 10.0. The monoisotopic (exact) mass is 406 g/mol. The van der Waals surface area contributed by atoms with Crippen LogP contribution in [0.15, 0.2) is 30.6 Å². The summed E-state index contributed by atoms with van der Waals surface area (Å²) in [5, 5.41) is 10.2. The van der Waals surface area contributed by atoms with Crippen LogP contribution in [0.2, 0.25) is 0 Å². The average Bonchev–Trinajstić information content (AvgIpc) is 3.09. The van der Waals surface area contributed by atoms with Crippen LogP contribution in [-0.2, 0) is 11.8 Å². The molecule has 0 saturated heterocycles. The van der Waals surface area contributed by atoms with E-state index in [4.69, 9.17) is 4.74 Å². The van der Waals surface area contributed by atoms with Gasteiger partial charge in [-0.25, -0.2) is 0 Å². The Labute approximate surface area is 173 Å². The number of hydrogen-bond acceptors (Lipinski definition) is 4. The van der Waals surface area contributed by atoms with Gasteiger partial charge in [0.2, 0.25) is 5.91 Å². The molecule has 1 unspecified atom stereocenters. The number of nitrogens with zero attached hydrogens (tertiary/aromatic N) is 2. The number of aryl methyl sites for hydroxylation is 2. The van der Waals surface area contributed by atoms with Crippen molar-refractivity contribution in [1.82, 2.24) is 15.1 Å². The molecule has 7 heteroatoms. The van der Waals surface area contributed by atoms with Gasteiger partial charge in [0, 0.05) is 30.6 Å². The van der Waals surface area contributed by atoms with Gasteiger partial charge in [-0.1, -0.05) is 25.3 Å². The third-order valence-electron chi connectivity index (χ3n) is 5.26. The fourth-order valence-corrected chi connectivity index (χ4v) is 3.65. The number of anilines is 1. The molecule has 1 saturated carbocycles. The maximum Gasteiger partial charge on any atom is 0.246 e. The lowest BCUT2D eigenvalue weighted by Gasteiger charge is -2.22. The number of aromatic nitrogens is 2. The molecule has 1 aliphatic rings. The van der Waals surface area contributed by atoms with Crippen LogP contribution in [0.5, 0.6) is 5.75 Å². The van der Waals surface area contributed by atoms with Gasteiger partial charge in [0.15, 0.2) is 0 Å². The van der Waals surface area contributed by atoms with Gasteiger partial charge in [-0.2, -0.15) is 5.10 Å². The molecule has 3 rings (SSSR count). The number of ether oxygens (including phenoxy) is 1. The largest absolute Gasteiger partial charge is 0.493 e. The Bertz CT molecular complexity index is 772. The first-order chi connectivity index (χ1) is 13.1. The minimum atomic E-state index is -0.452. The molecule has 1 atom stereocenters. The van der Waals surface area contributed by atoms with E-state index in [1.54, 1.807) is 17.9 Å². The van der Waals surface area contributed by atoms with Gasteiger partial charge in [0.1, 0.15) is 11.8 Å². The smallest absolute Gasteiger partial charge is 0.246 e. The molecule has 0 spiro atoms. The molecular weight excluding hydrogens is 376 g/mol. The van der Waals surface area contributed by atoms with E-state index in [1.165, 1.54) is 32.1 Å². The molecule has 6 nitrogen and oxygen atoms in total. The zero-order valence-electron chi connectivity index (χ0n) is 16.9. The lowest BCUT2D eigenvalue weighted by atomic mass is 9.90. The third-order valence-corrected chi connectivity index (χ3v) is 5.26. The normalized spacial score (nSPS) is 15.5. The first-order valence-corrected chi connectivity index (χ1v) is 9.77. The van der Waals surface area contributed by atoms with Gasteiger partial charge < -0.3 is 15.4 Å². The quantitative estimate of drug-likeness (QED) is 0.729. The van der Waals surface area contributed by atoms with E-state index in [9.17, 15) is 4.79 Å². The summed E-state index contributed by atoms with van der Waals surface area (Å²) in [6, 6.07) is 5.37. The SMILES string of the molecule is CNC(C(=O)Nc1ccc(C)c(OCC2CCCCC2)c1)c1cnn(C)c1.Cl. The van der Waals surface area contributed by atoms with Crippen LogP contribution in [0.1, 0.15) is 49.3 Å². The molecule has 1 aromatic carbocycles. The Kier molecular flexibility index (Phi) is 8.33. The maximum absolute atomic E-state index is 12.7. The summed E-state index contributed by atoms with van der Waals surface area (Å²) in [5.74, 6) is 1.38. The fourth-order valence-electron chi connectivity index (χ4n) is 3.65. The highest BCUT2D eigenvalue weighted by Crippen LogP contribution is 2.28. The average molecular weight is 407 g/mol. The number of benzene rings is 1. The lowest BCUT2D eigenvalue weighted by molar-refractivity contribution is -0.118. The zero-order valence-corrected chi connectivity index (χ0v) is 17.7. The molecule has 2 aromatic rings. The van der Waals surface area contributed by atoms with Crippen molar-refractivity contribution in [3.05, 3.63) is 41.7 Å². The van der Waals surface area contributed by atoms with Crippen molar-refractivity contribution in [2.24, 2.45) is 13.0 Å². The maximum atomic E-state index is 12.7. The number of carbonyl (C=O) groups is 1. The molecule has 0 aliphatic heterocycles. The van der Waals surface area contributed by atoms with E-state index in [0.29, 0.717) is 5.92 Å². The minimum absolute atomic E-state index is 0. The van der Waals surface area contributed by atoms with Crippen molar-refractivity contribution in [2.45, 2.75) is 45.1 Å². The van der Waals surface area contributed by atoms with Crippen molar-refractivity contribution in [1.29, 1.82) is 0 Å². The first kappa shape index (κ1) is 22.2. The van der Waals surface area contributed by atoms with E-state index in [0.717, 1.165) is 29.2 Å². The van der Waals surface area contributed by atoms with Crippen LogP contribution < -0.4 is 15.4 Å². The van der Waals surface area contributed by atoms with Crippen molar-refractivity contribution in [2.75, 3.05) is 19.0 Å². The van der Waals surface area contributed by atoms with Crippen LogP contribution in [0, 0.1) is 12.8 Å². The third kappa shape index (κ3) is 5.72. The summed E-state index contributed by atoms with van der Waals surface area (Å²) < 4.78 is 7.78. The zero-order chi connectivity index (χ0) is 19.2. The Balaban J connectivity index is 0.00000280. The molecule has 0 bridgehead atoms. The predicted molar refractivity (Wildman–Crippen MR) is 114 cm³/mol. The molecule has 1 heterocycles. The van der Waals surface area contributed by atoms with E-state index in [2.05, 4.69) is 15.7 Å². The van der Waals surface area contributed by atoms with E-state index in [1.807, 2.05) is 38.4 Å². The molecular formula is C21H31ClN4O2. The van der Waals surface area contributed by atoms with E-state index in [-0.39, 0.29) is 18.3 Å². The number of hydrogen-bond donors (Lipinski definition) is 2. The number of likely N-dealkylation sites (N-methyl/N-ethyl adjacent to an activating group) is 1. The number of amides is 1. The van der Waals surface area contributed by atoms with Crippen LogP contribution in [0.25, 0.3) is 0 Å². The number of nitrogens with one attached hydrogen (secondary N) is 2. The molecule has 154 valence electrons. The highest BCUT2D eigenvalue weighted by molar-refractivity contribution is 5.95. The molecule has 1 fully saturated rings. The van der Waals surface area contributed by atoms with Crippen LogP contribution in [0.3, 0.4) is 0 Å². The Hall–Kier alpha value is -2.05. The predicted octanol–water partition coefficient (Wildman–Crippen LogP) is 4.01. The first-order valence-electron chi connectivity index (χ1n) is 9.77. The van der Waals surface area contributed by atoms with Crippen LogP contribution >= 0.6 is 12.4 Å². The van der Waals surface area contributed by atoms with Crippen LogP contribution in [-0.4, -0.2) is 29.3 Å². The van der Waals surface area contributed by atoms with Crippen molar-refractivity contribution >= 4 is 24.0 Å². The minimum Gasteiger partial charge on any atom is -0.493 e. The van der Waals surface area contributed by atoms with Gasteiger partial charge in [0.05, 0.1) is 12.8 Å². The van der Waals surface area contributed by atoms with Gasteiger partial charge in [-0.15, -0.1) is 12.4 Å². The second kappa shape index (κ2) is 10.5. The lowest BCUT2D eigenvalue weighted by Crippen LogP contribution is -2.30. The van der Waals surface area contributed by atoms with Crippen LogP contribution in [0.4, 0.5) is 5.69 Å². The second-order valence-electron chi connectivity index (χ2n) is 7.45. The molecule has 0 radical (unpaired) electrons. The summed E-state index contributed by atoms with van der Waals surface area (Å²) >= 11 is 0. The Morgan fingerprint density at radius 1 is 1.32 bits per heavy atom. The molecule has 1 amide bonds. The molecule has 28 heavy (non-hydrogen) atoms. The Morgan fingerprint density at radius 2 is 2.07 bits per heavy atom. The standard InChI is InChI=1S/C21H30N4O2.ClH/c1-15-9-10-18(11-19(15)27-14-16-7-5-4-6-8-16)24-21(26)20(22-2)17-12-23-25(3)13-17;/h9-13,16,20,22H,4-8,14H2,1-3H3,(H,24,26);1H.